The maximum Gasteiger partial charge on any atom is 0.409 e. The van der Waals surface area contributed by atoms with Crippen LogP contribution in [0.2, 0.25) is 0 Å². The molecule has 7 nitrogen and oxygen atoms in total. The molecule has 1 aromatic carbocycles. The normalized spacial score (nSPS) is 17.7. The first kappa shape index (κ1) is 15.8. The van der Waals surface area contributed by atoms with Gasteiger partial charge in [0.15, 0.2) is 0 Å². The van der Waals surface area contributed by atoms with E-state index in [1.807, 2.05) is 0 Å². The van der Waals surface area contributed by atoms with Crippen molar-refractivity contribution in [3.63, 3.8) is 0 Å². The largest absolute Gasteiger partial charge is 0.453 e. The van der Waals surface area contributed by atoms with Crippen LogP contribution in [0.3, 0.4) is 0 Å². The van der Waals surface area contributed by atoms with E-state index in [0.717, 1.165) is 6.42 Å². The second kappa shape index (κ2) is 6.93. The lowest BCUT2D eigenvalue weighted by molar-refractivity contribution is -0.121. The molecule has 3 amide bonds. The first-order valence-corrected chi connectivity index (χ1v) is 7.05. The van der Waals surface area contributed by atoms with Gasteiger partial charge in [-0.2, -0.15) is 0 Å². The number of nitrogens with zero attached hydrogens (tertiary/aromatic N) is 1. The van der Waals surface area contributed by atoms with Crippen molar-refractivity contribution in [1.82, 2.24) is 4.90 Å². The maximum atomic E-state index is 12.4. The Bertz CT molecular complexity index is 588. The van der Waals surface area contributed by atoms with E-state index >= 15 is 0 Å². The van der Waals surface area contributed by atoms with Crippen LogP contribution in [0.15, 0.2) is 24.3 Å². The molecule has 1 aromatic rings. The fraction of sp³-hybridized carbons (Fsp3) is 0.400. The number of hydrogen-bond donors (Lipinski definition) is 2. The third-order valence-electron chi connectivity index (χ3n) is 3.68. The van der Waals surface area contributed by atoms with E-state index in [0.29, 0.717) is 25.2 Å². The predicted molar refractivity (Wildman–Crippen MR) is 80.3 cm³/mol. The molecule has 118 valence electrons. The van der Waals surface area contributed by atoms with Crippen LogP contribution >= 0.6 is 0 Å². The number of carbonyl (C=O) groups excluding carboxylic acids is 3. The standard InChI is InChI=1S/C15H19N3O4/c1-22-15(21)18-8-4-5-10(9-18)14(20)17-12-7-3-2-6-11(12)13(16)19/h2-3,6-7,10H,4-5,8-9H2,1H3,(H2,16,19)(H,17,20). The minimum Gasteiger partial charge on any atom is -0.453 e. The monoisotopic (exact) mass is 305 g/mol. The van der Waals surface area contributed by atoms with Crippen LogP contribution in [0.1, 0.15) is 23.2 Å². The topological polar surface area (TPSA) is 102 Å². The molecule has 0 saturated carbocycles. The zero-order chi connectivity index (χ0) is 16.1. The Morgan fingerprint density at radius 2 is 2.05 bits per heavy atom. The molecule has 22 heavy (non-hydrogen) atoms. The van der Waals surface area contributed by atoms with Crippen molar-refractivity contribution in [3.8, 4) is 0 Å². The van der Waals surface area contributed by atoms with Crippen molar-refractivity contribution >= 4 is 23.6 Å². The summed E-state index contributed by atoms with van der Waals surface area (Å²) < 4.78 is 4.68. The molecule has 1 fully saturated rings. The van der Waals surface area contributed by atoms with E-state index in [4.69, 9.17) is 5.73 Å². The van der Waals surface area contributed by atoms with Crippen molar-refractivity contribution in [1.29, 1.82) is 0 Å². The molecule has 7 heteroatoms. The quantitative estimate of drug-likeness (QED) is 0.876. The van der Waals surface area contributed by atoms with E-state index in [1.165, 1.54) is 12.0 Å². The number of nitrogens with two attached hydrogens (primary N) is 1. The molecule has 0 aromatic heterocycles. The average Bonchev–Trinajstić information content (AvgIpc) is 2.54. The second-order valence-corrected chi connectivity index (χ2v) is 5.15. The molecular weight excluding hydrogens is 286 g/mol. The van der Waals surface area contributed by atoms with Gasteiger partial charge < -0.3 is 20.7 Å². The van der Waals surface area contributed by atoms with Gasteiger partial charge in [-0.1, -0.05) is 12.1 Å². The van der Waals surface area contributed by atoms with Crippen molar-refractivity contribution < 1.29 is 19.1 Å². The summed E-state index contributed by atoms with van der Waals surface area (Å²) in [4.78, 5) is 36.8. The zero-order valence-electron chi connectivity index (χ0n) is 12.4. The molecule has 0 radical (unpaired) electrons. The molecule has 2 rings (SSSR count). The molecule has 0 bridgehead atoms. The van der Waals surface area contributed by atoms with Crippen LogP contribution in [-0.4, -0.2) is 43.0 Å². The van der Waals surface area contributed by atoms with E-state index in [2.05, 4.69) is 10.1 Å². The van der Waals surface area contributed by atoms with Crippen LogP contribution in [0.25, 0.3) is 0 Å². The highest BCUT2D eigenvalue weighted by atomic mass is 16.5. The average molecular weight is 305 g/mol. The van der Waals surface area contributed by atoms with Gasteiger partial charge in [0.1, 0.15) is 0 Å². The van der Waals surface area contributed by atoms with Gasteiger partial charge in [0, 0.05) is 13.1 Å². The van der Waals surface area contributed by atoms with Crippen LogP contribution in [0.4, 0.5) is 10.5 Å². The second-order valence-electron chi connectivity index (χ2n) is 5.15. The van der Waals surface area contributed by atoms with E-state index < -0.39 is 12.0 Å². The summed E-state index contributed by atoms with van der Waals surface area (Å²) in [7, 11) is 1.31. The molecule has 0 spiro atoms. The number of benzene rings is 1. The summed E-state index contributed by atoms with van der Waals surface area (Å²) in [5, 5.41) is 2.72. The SMILES string of the molecule is COC(=O)N1CCCC(C(=O)Nc2ccccc2C(N)=O)C1. The first-order valence-electron chi connectivity index (χ1n) is 7.05. The van der Waals surface area contributed by atoms with Gasteiger partial charge >= 0.3 is 6.09 Å². The summed E-state index contributed by atoms with van der Waals surface area (Å²) >= 11 is 0. The third kappa shape index (κ3) is 3.55. The highest BCUT2D eigenvalue weighted by Crippen LogP contribution is 2.21. The van der Waals surface area contributed by atoms with Gasteiger partial charge in [-0.25, -0.2) is 4.79 Å². The Morgan fingerprint density at radius 3 is 2.73 bits per heavy atom. The summed E-state index contributed by atoms with van der Waals surface area (Å²) in [5.41, 5.74) is 5.93. The van der Waals surface area contributed by atoms with Crippen molar-refractivity contribution in [3.05, 3.63) is 29.8 Å². The fourth-order valence-electron chi connectivity index (χ4n) is 2.53. The van der Waals surface area contributed by atoms with E-state index in [1.54, 1.807) is 24.3 Å². The van der Waals surface area contributed by atoms with Gasteiger partial charge in [-0.15, -0.1) is 0 Å². The molecule has 1 unspecified atom stereocenters. The molecular formula is C15H19N3O4. The molecule has 1 aliphatic rings. The summed E-state index contributed by atoms with van der Waals surface area (Å²) in [6.07, 6.45) is 0.970. The van der Waals surface area contributed by atoms with E-state index in [9.17, 15) is 14.4 Å². The molecule has 0 aliphatic carbocycles. The number of methoxy groups -OCH3 is 1. The number of carbonyl (C=O) groups is 3. The van der Waals surface area contributed by atoms with Gasteiger partial charge in [0.25, 0.3) is 5.91 Å². The lowest BCUT2D eigenvalue weighted by atomic mass is 9.97. The Morgan fingerprint density at radius 1 is 1.32 bits per heavy atom. The maximum absolute atomic E-state index is 12.4. The van der Waals surface area contributed by atoms with Crippen molar-refractivity contribution in [2.24, 2.45) is 11.7 Å². The Kier molecular flexibility index (Phi) is 4.98. The number of nitrogens with one attached hydrogen (secondary N) is 1. The minimum atomic E-state index is -0.601. The molecule has 3 N–H and O–H groups in total. The molecule has 1 heterocycles. The summed E-state index contributed by atoms with van der Waals surface area (Å²) in [6.45, 7) is 0.881. The molecule has 1 saturated heterocycles. The predicted octanol–water partition coefficient (Wildman–Crippen LogP) is 1.20. The number of likely N-dealkylation sites (tertiary alicyclic amines) is 1. The van der Waals surface area contributed by atoms with Crippen molar-refractivity contribution in [2.75, 3.05) is 25.5 Å². The number of ether oxygens (including phenoxy) is 1. The fourth-order valence-corrected chi connectivity index (χ4v) is 2.53. The Balaban J connectivity index is 2.06. The number of amides is 3. The number of para-hydroxylation sites is 1. The minimum absolute atomic E-state index is 0.234. The van der Waals surface area contributed by atoms with Crippen LogP contribution in [0.5, 0.6) is 0 Å². The Hall–Kier alpha value is -2.57. The van der Waals surface area contributed by atoms with Crippen LogP contribution in [-0.2, 0) is 9.53 Å². The van der Waals surface area contributed by atoms with Crippen molar-refractivity contribution in [2.45, 2.75) is 12.8 Å². The third-order valence-corrected chi connectivity index (χ3v) is 3.68. The molecule has 1 atom stereocenters. The van der Waals surface area contributed by atoms with Gasteiger partial charge in [-0.3, -0.25) is 9.59 Å². The van der Waals surface area contributed by atoms with Crippen LogP contribution in [0, 0.1) is 5.92 Å². The smallest absolute Gasteiger partial charge is 0.409 e. The number of anilines is 1. The number of primary amides is 1. The van der Waals surface area contributed by atoms with Gasteiger partial charge in [-0.05, 0) is 25.0 Å². The zero-order valence-corrected chi connectivity index (χ0v) is 12.4. The lowest BCUT2D eigenvalue weighted by Gasteiger charge is -2.30. The van der Waals surface area contributed by atoms with Gasteiger partial charge in [0.2, 0.25) is 5.91 Å². The van der Waals surface area contributed by atoms with E-state index in [-0.39, 0.29) is 17.4 Å². The summed E-state index contributed by atoms with van der Waals surface area (Å²) in [6, 6.07) is 6.57. The lowest BCUT2D eigenvalue weighted by Crippen LogP contribution is -2.43. The first-order chi connectivity index (χ1) is 10.5. The number of rotatable bonds is 3. The van der Waals surface area contributed by atoms with Gasteiger partial charge in [0.05, 0.1) is 24.3 Å². The highest BCUT2D eigenvalue weighted by molar-refractivity contribution is 6.03. The Labute approximate surface area is 128 Å². The highest BCUT2D eigenvalue weighted by Gasteiger charge is 2.29. The van der Waals surface area contributed by atoms with Crippen LogP contribution < -0.4 is 11.1 Å². The summed E-state index contributed by atoms with van der Waals surface area (Å²) in [5.74, 6) is -1.17. The molecule has 1 aliphatic heterocycles. The number of piperidine rings is 1. The number of hydrogen-bond acceptors (Lipinski definition) is 4.